The number of aromatic nitrogens is 1. The number of carbonyl (C=O) groups is 1. The Morgan fingerprint density at radius 1 is 1.86 bits per heavy atom. The maximum atomic E-state index is 11.0. The number of alkyl halides is 1. The first-order valence-corrected chi connectivity index (χ1v) is 5.34. The third-order valence-corrected chi connectivity index (χ3v) is 2.84. The Labute approximate surface area is 91.4 Å². The molecule has 6 heteroatoms. The van der Waals surface area contributed by atoms with Crippen molar-refractivity contribution in [3.05, 3.63) is 10.9 Å². The Bertz CT molecular complexity index is 316. The third-order valence-electron chi connectivity index (χ3n) is 1.64. The zero-order valence-electron chi connectivity index (χ0n) is 7.91. The fraction of sp³-hybridized carbons (Fsp3) is 0.500. The van der Waals surface area contributed by atoms with Crippen LogP contribution in [0.4, 0.5) is 0 Å². The number of rotatable bonds is 4. The molecule has 4 nitrogen and oxygen atoms in total. The highest BCUT2D eigenvalue weighted by Gasteiger charge is 2.12. The molecule has 14 heavy (non-hydrogen) atoms. The minimum atomic E-state index is -0.188. The van der Waals surface area contributed by atoms with Gasteiger partial charge >= 0.3 is 0 Å². The van der Waals surface area contributed by atoms with Gasteiger partial charge in [-0.1, -0.05) is 0 Å². The molecule has 0 saturated heterocycles. The highest BCUT2D eigenvalue weighted by Crippen LogP contribution is 2.22. The maximum Gasteiger partial charge on any atom is 0.235 e. The summed E-state index contributed by atoms with van der Waals surface area (Å²) in [5, 5.41) is 2.73. The first kappa shape index (κ1) is 11.3. The molecule has 0 aliphatic heterocycles. The summed E-state index contributed by atoms with van der Waals surface area (Å²) in [6.45, 7) is 1.87. The number of hydrogen-bond acceptors (Lipinski definition) is 4. The zero-order chi connectivity index (χ0) is 10.6. The van der Waals surface area contributed by atoms with Crippen molar-refractivity contribution in [2.45, 2.75) is 13.0 Å². The molecular weight excluding hydrogens is 224 g/mol. The molecule has 78 valence electrons. The predicted octanol–water partition coefficient (Wildman–Crippen LogP) is 1.57. The van der Waals surface area contributed by atoms with E-state index in [9.17, 15) is 4.79 Å². The summed E-state index contributed by atoms with van der Waals surface area (Å²) in [6.07, 6.45) is 0. The molecule has 1 unspecified atom stereocenters. The average Bonchev–Trinajstić information content (AvgIpc) is 2.65. The van der Waals surface area contributed by atoms with Gasteiger partial charge in [0.25, 0.3) is 0 Å². The molecule has 1 atom stereocenters. The molecule has 0 bridgehead atoms. The first-order chi connectivity index (χ1) is 6.67. The second-order valence-electron chi connectivity index (χ2n) is 2.69. The summed E-state index contributed by atoms with van der Waals surface area (Å²) >= 11 is 6.67. The molecule has 0 aliphatic rings. The number of hydrogen-bond donors (Lipinski definition) is 1. The molecule has 0 radical (unpaired) electrons. The second-order valence-corrected chi connectivity index (χ2v) is 3.80. The lowest BCUT2D eigenvalue weighted by Crippen LogP contribution is -2.26. The molecule has 0 aliphatic carbocycles. The lowest BCUT2D eigenvalue weighted by molar-refractivity contribution is -0.119. The number of nitrogens with zero attached hydrogens (tertiary/aromatic N) is 1. The smallest absolute Gasteiger partial charge is 0.235 e. The summed E-state index contributed by atoms with van der Waals surface area (Å²) in [7, 11) is 1.56. The Morgan fingerprint density at radius 3 is 3.07 bits per heavy atom. The molecule has 1 aromatic heterocycles. The summed E-state index contributed by atoms with van der Waals surface area (Å²) in [6, 6.07) is 1.71. The Morgan fingerprint density at radius 2 is 2.57 bits per heavy atom. The Balaban J connectivity index is 2.60. The van der Waals surface area contributed by atoms with E-state index in [-0.39, 0.29) is 17.8 Å². The SMILES string of the molecule is COc1cc(C(C)NC(=O)CCl)sn1. The summed E-state index contributed by atoms with van der Waals surface area (Å²) in [5.41, 5.74) is 0. The number of amides is 1. The second kappa shape index (κ2) is 5.17. The van der Waals surface area contributed by atoms with Gasteiger partial charge in [-0.2, -0.15) is 4.37 Å². The van der Waals surface area contributed by atoms with Gasteiger partial charge in [0.2, 0.25) is 11.8 Å². The predicted molar refractivity (Wildman–Crippen MR) is 55.9 cm³/mol. The zero-order valence-corrected chi connectivity index (χ0v) is 9.48. The molecule has 1 aromatic rings. The van der Waals surface area contributed by atoms with Crippen LogP contribution in [0.5, 0.6) is 5.88 Å². The number of ether oxygens (including phenoxy) is 1. The fourth-order valence-corrected chi connectivity index (χ4v) is 1.69. The normalized spacial score (nSPS) is 12.2. The van der Waals surface area contributed by atoms with Crippen molar-refractivity contribution >= 4 is 29.0 Å². The summed E-state index contributed by atoms with van der Waals surface area (Å²) < 4.78 is 8.96. The maximum absolute atomic E-state index is 11.0. The van der Waals surface area contributed by atoms with Crippen LogP contribution >= 0.6 is 23.1 Å². The minimum Gasteiger partial charge on any atom is -0.480 e. The number of carbonyl (C=O) groups excluding carboxylic acids is 1. The fourth-order valence-electron chi connectivity index (χ4n) is 0.924. The van der Waals surface area contributed by atoms with Crippen LogP contribution in [0.1, 0.15) is 17.8 Å². The van der Waals surface area contributed by atoms with Gasteiger partial charge in [0.1, 0.15) is 5.88 Å². The van der Waals surface area contributed by atoms with E-state index in [1.54, 1.807) is 13.2 Å². The molecule has 1 heterocycles. The van der Waals surface area contributed by atoms with E-state index in [0.29, 0.717) is 5.88 Å². The molecule has 0 fully saturated rings. The van der Waals surface area contributed by atoms with E-state index in [4.69, 9.17) is 16.3 Å². The van der Waals surface area contributed by atoms with E-state index < -0.39 is 0 Å². The van der Waals surface area contributed by atoms with Gasteiger partial charge in [-0.3, -0.25) is 4.79 Å². The largest absolute Gasteiger partial charge is 0.480 e. The van der Waals surface area contributed by atoms with Crippen LogP contribution in [0.15, 0.2) is 6.07 Å². The number of halogens is 1. The molecule has 1 rings (SSSR count). The molecule has 1 amide bonds. The number of methoxy groups -OCH3 is 1. The molecule has 1 N–H and O–H groups in total. The van der Waals surface area contributed by atoms with Crippen LogP contribution in [-0.4, -0.2) is 23.3 Å². The van der Waals surface area contributed by atoms with Gasteiger partial charge < -0.3 is 10.1 Å². The summed E-state index contributed by atoms with van der Waals surface area (Å²) in [5.74, 6) is 0.351. The quantitative estimate of drug-likeness (QED) is 0.805. The highest BCUT2D eigenvalue weighted by molar-refractivity contribution is 7.06. The van der Waals surface area contributed by atoms with Gasteiger partial charge in [0.15, 0.2) is 0 Å². The van der Waals surface area contributed by atoms with Gasteiger partial charge in [-0.25, -0.2) is 0 Å². The Hall–Kier alpha value is -0.810. The van der Waals surface area contributed by atoms with Crippen LogP contribution in [0.2, 0.25) is 0 Å². The monoisotopic (exact) mass is 234 g/mol. The summed E-state index contributed by atoms with van der Waals surface area (Å²) in [4.78, 5) is 11.9. The lowest BCUT2D eigenvalue weighted by Gasteiger charge is -2.09. The first-order valence-electron chi connectivity index (χ1n) is 4.03. The van der Waals surface area contributed by atoms with Crippen molar-refractivity contribution in [1.82, 2.24) is 9.69 Å². The number of nitrogens with one attached hydrogen (secondary N) is 1. The molecular formula is C8H11ClN2O2S. The van der Waals surface area contributed by atoms with E-state index in [1.165, 1.54) is 11.5 Å². The average molecular weight is 235 g/mol. The van der Waals surface area contributed by atoms with Crippen LogP contribution in [0, 0.1) is 0 Å². The molecule has 0 spiro atoms. The van der Waals surface area contributed by atoms with E-state index in [1.807, 2.05) is 6.92 Å². The third kappa shape index (κ3) is 2.85. The van der Waals surface area contributed by atoms with Crippen molar-refractivity contribution < 1.29 is 9.53 Å². The van der Waals surface area contributed by atoms with Crippen molar-refractivity contribution in [1.29, 1.82) is 0 Å². The van der Waals surface area contributed by atoms with Gasteiger partial charge in [0, 0.05) is 6.07 Å². The van der Waals surface area contributed by atoms with Crippen LogP contribution in [-0.2, 0) is 4.79 Å². The van der Waals surface area contributed by atoms with Crippen LogP contribution < -0.4 is 10.1 Å². The topological polar surface area (TPSA) is 51.2 Å². The van der Waals surface area contributed by atoms with E-state index >= 15 is 0 Å². The van der Waals surface area contributed by atoms with Crippen molar-refractivity contribution in [3.63, 3.8) is 0 Å². The van der Waals surface area contributed by atoms with Gasteiger partial charge in [-0.15, -0.1) is 11.6 Å². The van der Waals surface area contributed by atoms with Crippen LogP contribution in [0.3, 0.4) is 0 Å². The van der Waals surface area contributed by atoms with E-state index in [2.05, 4.69) is 9.69 Å². The van der Waals surface area contributed by atoms with Crippen LogP contribution in [0.25, 0.3) is 0 Å². The Kier molecular flexibility index (Phi) is 4.16. The van der Waals surface area contributed by atoms with Gasteiger partial charge in [0.05, 0.1) is 18.0 Å². The van der Waals surface area contributed by atoms with Crippen molar-refractivity contribution in [2.24, 2.45) is 0 Å². The standard InChI is InChI=1S/C8H11ClN2O2S/c1-5(10-7(12)4-9)6-3-8(13-2)11-14-6/h3,5H,4H2,1-2H3,(H,10,12). The lowest BCUT2D eigenvalue weighted by atomic mass is 10.3. The molecule has 0 aromatic carbocycles. The van der Waals surface area contributed by atoms with Crippen molar-refractivity contribution in [2.75, 3.05) is 13.0 Å². The van der Waals surface area contributed by atoms with Crippen molar-refractivity contribution in [3.8, 4) is 5.88 Å². The molecule has 0 saturated carbocycles. The van der Waals surface area contributed by atoms with E-state index in [0.717, 1.165) is 4.88 Å². The highest BCUT2D eigenvalue weighted by atomic mass is 35.5. The minimum absolute atomic E-state index is 0.0275. The van der Waals surface area contributed by atoms with Gasteiger partial charge in [-0.05, 0) is 18.5 Å².